The number of sulfonamides is 1. The van der Waals surface area contributed by atoms with E-state index in [0.29, 0.717) is 17.0 Å². The topological polar surface area (TPSA) is 75.7 Å². The Bertz CT molecular complexity index is 1010. The summed E-state index contributed by atoms with van der Waals surface area (Å²) in [5.41, 5.74) is 0.839. The summed E-state index contributed by atoms with van der Waals surface area (Å²) in [5.74, 6) is 0.108. The lowest BCUT2D eigenvalue weighted by Crippen LogP contribution is -2.31. The van der Waals surface area contributed by atoms with Crippen molar-refractivity contribution >= 4 is 37.5 Å². The van der Waals surface area contributed by atoms with Crippen molar-refractivity contribution in [2.45, 2.75) is 24.8 Å². The Kier molecular flexibility index (Phi) is 8.40. The van der Waals surface area contributed by atoms with Crippen LogP contribution in [0.25, 0.3) is 0 Å². The molecule has 0 spiro atoms. The quantitative estimate of drug-likeness (QED) is 0.480. The highest BCUT2D eigenvalue weighted by molar-refractivity contribution is 9.10. The standard InChI is InChI=1S/C22H25BrN2O4S/c1-5-13-25(14-6-2)30(27,28)19-10-8-18(9-11-19)24-22(26)20-15-17(23)7-12-21(20)29-16(3)4/h5-12,15-16H,1-2,13-14H2,3-4H3,(H,24,26). The Morgan fingerprint density at radius 1 is 1.13 bits per heavy atom. The van der Waals surface area contributed by atoms with Crippen molar-refractivity contribution < 1.29 is 17.9 Å². The van der Waals surface area contributed by atoms with Crippen LogP contribution in [0.3, 0.4) is 0 Å². The number of benzene rings is 2. The van der Waals surface area contributed by atoms with E-state index in [0.717, 1.165) is 4.47 Å². The number of amides is 1. The highest BCUT2D eigenvalue weighted by Gasteiger charge is 2.22. The van der Waals surface area contributed by atoms with Gasteiger partial charge in [0.2, 0.25) is 10.0 Å². The predicted molar refractivity (Wildman–Crippen MR) is 123 cm³/mol. The van der Waals surface area contributed by atoms with E-state index < -0.39 is 10.0 Å². The fourth-order valence-corrected chi connectivity index (χ4v) is 4.40. The summed E-state index contributed by atoms with van der Waals surface area (Å²) in [4.78, 5) is 12.9. The molecule has 6 nitrogen and oxygen atoms in total. The Morgan fingerprint density at radius 2 is 1.73 bits per heavy atom. The number of ether oxygens (including phenoxy) is 1. The van der Waals surface area contributed by atoms with Crippen molar-refractivity contribution in [2.24, 2.45) is 0 Å². The van der Waals surface area contributed by atoms with E-state index >= 15 is 0 Å². The van der Waals surface area contributed by atoms with E-state index in [1.54, 1.807) is 30.3 Å². The third kappa shape index (κ3) is 6.04. The maximum absolute atomic E-state index is 12.8. The number of nitrogens with one attached hydrogen (secondary N) is 1. The molecule has 8 heteroatoms. The lowest BCUT2D eigenvalue weighted by Gasteiger charge is -2.19. The van der Waals surface area contributed by atoms with E-state index in [4.69, 9.17) is 4.74 Å². The SMILES string of the molecule is C=CCN(CC=C)S(=O)(=O)c1ccc(NC(=O)c2cc(Br)ccc2OC(C)C)cc1. The molecule has 2 aromatic carbocycles. The average molecular weight is 493 g/mol. The molecular weight excluding hydrogens is 468 g/mol. The van der Waals surface area contributed by atoms with Gasteiger partial charge in [-0.3, -0.25) is 4.79 Å². The molecular formula is C22H25BrN2O4S. The molecule has 1 N–H and O–H groups in total. The lowest BCUT2D eigenvalue weighted by atomic mass is 10.1. The first-order valence-corrected chi connectivity index (χ1v) is 11.5. The molecule has 0 aromatic heterocycles. The predicted octanol–water partition coefficient (Wildman–Crippen LogP) is 4.85. The van der Waals surface area contributed by atoms with Crippen LogP contribution < -0.4 is 10.1 Å². The summed E-state index contributed by atoms with van der Waals surface area (Å²) in [6.07, 6.45) is 2.95. The van der Waals surface area contributed by atoms with Gasteiger partial charge >= 0.3 is 0 Å². The molecule has 0 aliphatic carbocycles. The van der Waals surface area contributed by atoms with Crippen molar-refractivity contribution in [1.82, 2.24) is 4.31 Å². The molecule has 0 heterocycles. The molecule has 160 valence electrons. The number of nitrogens with zero attached hydrogens (tertiary/aromatic N) is 1. The Labute approximate surface area is 186 Å². The third-order valence-electron chi connectivity index (χ3n) is 3.96. The Balaban J connectivity index is 2.24. The maximum atomic E-state index is 12.8. The highest BCUT2D eigenvalue weighted by atomic mass is 79.9. The molecule has 0 saturated carbocycles. The van der Waals surface area contributed by atoms with Crippen LogP contribution >= 0.6 is 15.9 Å². The molecule has 0 fully saturated rings. The van der Waals surface area contributed by atoms with Crippen LogP contribution in [-0.4, -0.2) is 37.8 Å². The molecule has 2 rings (SSSR count). The van der Waals surface area contributed by atoms with Crippen molar-refractivity contribution in [3.8, 4) is 5.75 Å². The normalized spacial score (nSPS) is 11.4. The van der Waals surface area contributed by atoms with Gasteiger partial charge in [0.1, 0.15) is 5.75 Å². The first-order chi connectivity index (χ1) is 14.2. The van der Waals surface area contributed by atoms with E-state index in [1.165, 1.54) is 28.6 Å². The van der Waals surface area contributed by atoms with E-state index in [1.807, 2.05) is 13.8 Å². The van der Waals surface area contributed by atoms with Crippen molar-refractivity contribution in [1.29, 1.82) is 0 Å². The van der Waals surface area contributed by atoms with Crippen molar-refractivity contribution in [2.75, 3.05) is 18.4 Å². The van der Waals surface area contributed by atoms with Crippen LogP contribution in [0.2, 0.25) is 0 Å². The molecule has 30 heavy (non-hydrogen) atoms. The fraction of sp³-hybridized carbons (Fsp3) is 0.227. The van der Waals surface area contributed by atoms with Gasteiger partial charge in [0.15, 0.2) is 0 Å². The van der Waals surface area contributed by atoms with Crippen molar-refractivity contribution in [3.63, 3.8) is 0 Å². The first-order valence-electron chi connectivity index (χ1n) is 9.28. The Morgan fingerprint density at radius 3 is 2.27 bits per heavy atom. The van der Waals surface area contributed by atoms with Gasteiger partial charge in [-0.1, -0.05) is 28.1 Å². The lowest BCUT2D eigenvalue weighted by molar-refractivity contribution is 0.102. The second-order valence-electron chi connectivity index (χ2n) is 6.68. The van der Waals surface area contributed by atoms with E-state index in [9.17, 15) is 13.2 Å². The summed E-state index contributed by atoms with van der Waals surface area (Å²) < 4.78 is 33.3. The van der Waals surface area contributed by atoms with E-state index in [2.05, 4.69) is 34.4 Å². The number of carbonyl (C=O) groups excluding carboxylic acids is 1. The largest absolute Gasteiger partial charge is 0.490 e. The summed E-state index contributed by atoms with van der Waals surface area (Å²) >= 11 is 3.37. The Hall–Kier alpha value is -2.42. The van der Waals surface area contributed by atoms with Crippen LogP contribution in [0.1, 0.15) is 24.2 Å². The number of rotatable bonds is 10. The van der Waals surface area contributed by atoms with Gasteiger partial charge < -0.3 is 10.1 Å². The molecule has 1 amide bonds. The highest BCUT2D eigenvalue weighted by Crippen LogP contribution is 2.26. The molecule has 0 aliphatic rings. The van der Waals surface area contributed by atoms with Crippen LogP contribution in [-0.2, 0) is 10.0 Å². The van der Waals surface area contributed by atoms with Crippen molar-refractivity contribution in [3.05, 3.63) is 77.8 Å². The van der Waals surface area contributed by atoms with Gasteiger partial charge in [0.25, 0.3) is 5.91 Å². The summed E-state index contributed by atoms with van der Waals surface area (Å²) in [5, 5.41) is 2.78. The average Bonchev–Trinajstić information content (AvgIpc) is 2.69. The third-order valence-corrected chi connectivity index (χ3v) is 6.30. The number of carbonyl (C=O) groups is 1. The second kappa shape index (κ2) is 10.6. The van der Waals surface area contributed by atoms with Gasteiger partial charge in [0.05, 0.1) is 16.6 Å². The molecule has 0 radical (unpaired) electrons. The number of halogens is 1. The van der Waals surface area contributed by atoms with Crippen LogP contribution in [0, 0.1) is 0 Å². The van der Waals surface area contributed by atoms with E-state index in [-0.39, 0.29) is 30.0 Å². The molecule has 0 aliphatic heterocycles. The minimum absolute atomic E-state index is 0.0868. The van der Waals surface area contributed by atoms with Crippen LogP contribution in [0.15, 0.2) is 77.1 Å². The van der Waals surface area contributed by atoms with Gasteiger partial charge in [-0.05, 0) is 56.3 Å². The van der Waals surface area contributed by atoms with Gasteiger partial charge in [-0.2, -0.15) is 4.31 Å². The molecule has 2 aromatic rings. The minimum atomic E-state index is -3.70. The zero-order valence-electron chi connectivity index (χ0n) is 17.0. The number of hydrogen-bond donors (Lipinski definition) is 1. The van der Waals surface area contributed by atoms with Gasteiger partial charge in [-0.15, -0.1) is 13.2 Å². The maximum Gasteiger partial charge on any atom is 0.259 e. The summed E-state index contributed by atoms with van der Waals surface area (Å²) in [6, 6.07) is 11.2. The molecule has 0 atom stereocenters. The first kappa shape index (κ1) is 23.9. The minimum Gasteiger partial charge on any atom is -0.490 e. The summed E-state index contributed by atoms with van der Waals surface area (Å²) in [7, 11) is -3.70. The summed E-state index contributed by atoms with van der Waals surface area (Å²) in [6.45, 7) is 11.3. The van der Waals surface area contributed by atoms with Gasteiger partial charge in [0, 0.05) is 23.2 Å². The van der Waals surface area contributed by atoms with Crippen LogP contribution in [0.5, 0.6) is 5.75 Å². The zero-order valence-corrected chi connectivity index (χ0v) is 19.4. The molecule has 0 unspecified atom stereocenters. The molecule has 0 saturated heterocycles. The number of anilines is 1. The monoisotopic (exact) mass is 492 g/mol. The van der Waals surface area contributed by atoms with Gasteiger partial charge in [-0.25, -0.2) is 8.42 Å². The second-order valence-corrected chi connectivity index (χ2v) is 9.54. The zero-order chi connectivity index (χ0) is 22.3. The fourth-order valence-electron chi connectivity index (χ4n) is 2.65. The number of hydrogen-bond acceptors (Lipinski definition) is 4. The smallest absolute Gasteiger partial charge is 0.259 e. The van der Waals surface area contributed by atoms with Crippen LogP contribution in [0.4, 0.5) is 5.69 Å². The molecule has 0 bridgehead atoms.